The molecule has 2 N–H and O–H groups in total. The SMILES string of the molecule is c1ccc(C[NH2+]C2CCCC2)cc1. The molecule has 0 unspecified atom stereocenters. The molecule has 0 heterocycles. The van der Waals surface area contributed by atoms with Crippen LogP contribution in [-0.4, -0.2) is 6.04 Å². The topological polar surface area (TPSA) is 16.6 Å². The minimum atomic E-state index is 0.903. The molecule has 70 valence electrons. The molecule has 1 fully saturated rings. The maximum absolute atomic E-state index is 2.50. The zero-order chi connectivity index (χ0) is 8.93. The van der Waals surface area contributed by atoms with Gasteiger partial charge in [0.1, 0.15) is 6.54 Å². The molecule has 0 saturated heterocycles. The van der Waals surface area contributed by atoms with E-state index in [1.54, 1.807) is 0 Å². The Morgan fingerprint density at radius 1 is 1.08 bits per heavy atom. The van der Waals surface area contributed by atoms with Gasteiger partial charge in [-0.1, -0.05) is 30.3 Å². The zero-order valence-electron chi connectivity index (χ0n) is 8.08. The minimum absolute atomic E-state index is 0.903. The van der Waals surface area contributed by atoms with E-state index >= 15 is 0 Å². The van der Waals surface area contributed by atoms with Crippen molar-refractivity contribution in [1.29, 1.82) is 0 Å². The van der Waals surface area contributed by atoms with E-state index in [2.05, 4.69) is 35.6 Å². The highest BCUT2D eigenvalue weighted by Gasteiger charge is 2.16. The third kappa shape index (κ3) is 2.56. The van der Waals surface area contributed by atoms with Crippen LogP contribution in [0.2, 0.25) is 0 Å². The summed E-state index contributed by atoms with van der Waals surface area (Å²) in [5.41, 5.74) is 1.45. The van der Waals surface area contributed by atoms with Crippen molar-refractivity contribution in [1.82, 2.24) is 0 Å². The summed E-state index contributed by atoms with van der Waals surface area (Å²) in [6.45, 7) is 1.16. The van der Waals surface area contributed by atoms with Crippen LogP contribution in [-0.2, 0) is 6.54 Å². The van der Waals surface area contributed by atoms with Gasteiger partial charge in [-0.25, -0.2) is 0 Å². The molecule has 0 spiro atoms. The number of benzene rings is 1. The van der Waals surface area contributed by atoms with Crippen LogP contribution in [0.5, 0.6) is 0 Å². The Balaban J connectivity index is 1.79. The predicted molar refractivity (Wildman–Crippen MR) is 54.3 cm³/mol. The van der Waals surface area contributed by atoms with Gasteiger partial charge in [0.05, 0.1) is 6.04 Å². The molecule has 1 aromatic rings. The maximum Gasteiger partial charge on any atom is 0.101 e. The molecule has 1 nitrogen and oxygen atoms in total. The van der Waals surface area contributed by atoms with Crippen LogP contribution in [0.15, 0.2) is 30.3 Å². The summed E-state index contributed by atoms with van der Waals surface area (Å²) in [5, 5.41) is 2.50. The molecule has 13 heavy (non-hydrogen) atoms. The van der Waals surface area contributed by atoms with Crippen molar-refractivity contribution in [3.8, 4) is 0 Å². The van der Waals surface area contributed by atoms with Gasteiger partial charge < -0.3 is 5.32 Å². The van der Waals surface area contributed by atoms with Crippen molar-refractivity contribution >= 4 is 0 Å². The van der Waals surface area contributed by atoms with Crippen LogP contribution in [0.25, 0.3) is 0 Å². The fourth-order valence-electron chi connectivity index (χ4n) is 2.11. The summed E-state index contributed by atoms with van der Waals surface area (Å²) >= 11 is 0. The van der Waals surface area contributed by atoms with Crippen molar-refractivity contribution in [2.75, 3.05) is 0 Å². The third-order valence-corrected chi connectivity index (χ3v) is 2.93. The molecule has 2 rings (SSSR count). The highest BCUT2D eigenvalue weighted by molar-refractivity contribution is 5.12. The highest BCUT2D eigenvalue weighted by atomic mass is 14.9. The van der Waals surface area contributed by atoms with Crippen molar-refractivity contribution in [2.24, 2.45) is 0 Å². The van der Waals surface area contributed by atoms with E-state index < -0.39 is 0 Å². The van der Waals surface area contributed by atoms with E-state index in [1.165, 1.54) is 31.2 Å². The van der Waals surface area contributed by atoms with Gasteiger partial charge in [-0.15, -0.1) is 0 Å². The first-order valence-electron chi connectivity index (χ1n) is 5.32. The average Bonchev–Trinajstić information content (AvgIpc) is 2.69. The Kier molecular flexibility index (Phi) is 2.98. The Hall–Kier alpha value is -0.820. The van der Waals surface area contributed by atoms with Crippen molar-refractivity contribution < 1.29 is 5.32 Å². The van der Waals surface area contributed by atoms with Crippen LogP contribution >= 0.6 is 0 Å². The monoisotopic (exact) mass is 176 g/mol. The fourth-order valence-corrected chi connectivity index (χ4v) is 2.11. The molecule has 0 atom stereocenters. The summed E-state index contributed by atoms with van der Waals surface area (Å²) < 4.78 is 0. The molecule has 1 aliphatic carbocycles. The predicted octanol–water partition coefficient (Wildman–Crippen LogP) is 1.69. The lowest BCUT2D eigenvalue weighted by atomic mass is 10.2. The number of quaternary nitrogens is 1. The van der Waals surface area contributed by atoms with E-state index in [-0.39, 0.29) is 0 Å². The molecule has 0 aliphatic heterocycles. The molecule has 1 saturated carbocycles. The molecule has 0 amide bonds. The molecule has 0 radical (unpaired) electrons. The summed E-state index contributed by atoms with van der Waals surface area (Å²) in [6.07, 6.45) is 5.73. The van der Waals surface area contributed by atoms with Crippen LogP contribution in [0.3, 0.4) is 0 Å². The quantitative estimate of drug-likeness (QED) is 0.722. The van der Waals surface area contributed by atoms with E-state index in [1.807, 2.05) is 0 Å². The smallest absolute Gasteiger partial charge is 0.101 e. The van der Waals surface area contributed by atoms with Gasteiger partial charge in [0.25, 0.3) is 0 Å². The summed E-state index contributed by atoms with van der Waals surface area (Å²) in [4.78, 5) is 0. The lowest BCUT2D eigenvalue weighted by molar-refractivity contribution is -0.703. The lowest BCUT2D eigenvalue weighted by Gasteiger charge is -2.07. The average molecular weight is 176 g/mol. The Labute approximate surface area is 80.2 Å². The van der Waals surface area contributed by atoms with E-state index in [4.69, 9.17) is 0 Å². The first-order chi connectivity index (χ1) is 6.45. The molecular formula is C12H18N+. The standard InChI is InChI=1S/C12H17N/c1-2-6-11(7-3-1)10-13-12-8-4-5-9-12/h1-3,6-7,12-13H,4-5,8-10H2/p+1. The van der Waals surface area contributed by atoms with Gasteiger partial charge in [-0.3, -0.25) is 0 Å². The first kappa shape index (κ1) is 8.76. The molecule has 1 aromatic carbocycles. The summed E-state index contributed by atoms with van der Waals surface area (Å²) in [5.74, 6) is 0. The second kappa shape index (κ2) is 4.43. The number of nitrogens with two attached hydrogens (primary N) is 1. The first-order valence-corrected chi connectivity index (χ1v) is 5.32. The molecule has 1 aliphatic rings. The van der Waals surface area contributed by atoms with Gasteiger partial charge in [0, 0.05) is 5.56 Å². The van der Waals surface area contributed by atoms with Crippen LogP contribution in [0.4, 0.5) is 0 Å². The van der Waals surface area contributed by atoms with Crippen molar-refractivity contribution in [3.05, 3.63) is 35.9 Å². The highest BCUT2D eigenvalue weighted by Crippen LogP contribution is 2.14. The van der Waals surface area contributed by atoms with Gasteiger partial charge in [-0.2, -0.15) is 0 Å². The summed E-state index contributed by atoms with van der Waals surface area (Å²) in [6, 6.07) is 11.7. The Morgan fingerprint density at radius 3 is 2.46 bits per heavy atom. The van der Waals surface area contributed by atoms with E-state index in [0.717, 1.165) is 12.6 Å². The van der Waals surface area contributed by atoms with Gasteiger partial charge in [0.15, 0.2) is 0 Å². The molecule has 1 heteroatoms. The van der Waals surface area contributed by atoms with Gasteiger partial charge in [0.2, 0.25) is 0 Å². The number of hydrogen-bond acceptors (Lipinski definition) is 0. The fraction of sp³-hybridized carbons (Fsp3) is 0.500. The van der Waals surface area contributed by atoms with Crippen molar-refractivity contribution in [2.45, 2.75) is 38.3 Å². The van der Waals surface area contributed by atoms with Crippen LogP contribution in [0, 0.1) is 0 Å². The molecule has 0 aromatic heterocycles. The zero-order valence-corrected chi connectivity index (χ0v) is 8.08. The van der Waals surface area contributed by atoms with Gasteiger partial charge >= 0.3 is 0 Å². The van der Waals surface area contributed by atoms with Crippen LogP contribution in [0.1, 0.15) is 31.2 Å². The summed E-state index contributed by atoms with van der Waals surface area (Å²) in [7, 11) is 0. The minimum Gasteiger partial charge on any atom is -0.340 e. The molecule has 0 bridgehead atoms. The second-order valence-electron chi connectivity index (χ2n) is 3.97. The second-order valence-corrected chi connectivity index (χ2v) is 3.97. The third-order valence-electron chi connectivity index (χ3n) is 2.93. The normalized spacial score (nSPS) is 17.8. The Morgan fingerprint density at radius 2 is 1.77 bits per heavy atom. The maximum atomic E-state index is 2.50. The van der Waals surface area contributed by atoms with Gasteiger partial charge in [-0.05, 0) is 25.7 Å². The lowest BCUT2D eigenvalue weighted by Crippen LogP contribution is -2.87. The van der Waals surface area contributed by atoms with Crippen LogP contribution < -0.4 is 5.32 Å². The number of rotatable bonds is 3. The van der Waals surface area contributed by atoms with E-state index in [9.17, 15) is 0 Å². The van der Waals surface area contributed by atoms with Crippen molar-refractivity contribution in [3.63, 3.8) is 0 Å². The largest absolute Gasteiger partial charge is 0.340 e. The molecular weight excluding hydrogens is 158 g/mol. The Bertz CT molecular complexity index is 237. The number of hydrogen-bond donors (Lipinski definition) is 1. The van der Waals surface area contributed by atoms with E-state index in [0.29, 0.717) is 0 Å².